The van der Waals surface area contributed by atoms with Crippen LogP contribution in [0.4, 0.5) is 0 Å². The van der Waals surface area contributed by atoms with Crippen molar-refractivity contribution in [1.82, 2.24) is 10.2 Å². The monoisotopic (exact) mass is 216 g/mol. The van der Waals surface area contributed by atoms with Gasteiger partial charge in [0.2, 0.25) is 5.91 Å². The highest BCUT2D eigenvalue weighted by Crippen LogP contribution is 2.31. The number of piperazine rings is 1. The number of rotatable bonds is 1. The summed E-state index contributed by atoms with van der Waals surface area (Å²) in [6, 6.07) is 11.1. The second kappa shape index (κ2) is 3.91. The Balaban J connectivity index is 1.88. The molecule has 2 aliphatic heterocycles. The third-order valence-electron chi connectivity index (χ3n) is 3.64. The number of nitrogens with zero attached hydrogens (tertiary/aromatic N) is 1. The number of nitrogens with one attached hydrogen (secondary N) is 1. The van der Waals surface area contributed by atoms with Crippen molar-refractivity contribution < 1.29 is 4.79 Å². The van der Waals surface area contributed by atoms with Gasteiger partial charge in [0.1, 0.15) is 0 Å². The minimum atomic E-state index is 0.321. The maximum Gasteiger partial charge on any atom is 0.223 e. The second-order valence-corrected chi connectivity index (χ2v) is 4.54. The number of benzene rings is 1. The minimum Gasteiger partial charge on any atom is -0.337 e. The van der Waals surface area contributed by atoms with E-state index in [9.17, 15) is 4.79 Å². The smallest absolute Gasteiger partial charge is 0.223 e. The average Bonchev–Trinajstić information content (AvgIpc) is 2.73. The highest BCUT2D eigenvalue weighted by molar-refractivity contribution is 5.79. The first-order chi connectivity index (χ1) is 7.86. The van der Waals surface area contributed by atoms with Gasteiger partial charge >= 0.3 is 0 Å². The highest BCUT2D eigenvalue weighted by Gasteiger charge is 2.39. The lowest BCUT2D eigenvalue weighted by atomic mass is 9.96. The van der Waals surface area contributed by atoms with Gasteiger partial charge in [-0.15, -0.1) is 0 Å². The van der Waals surface area contributed by atoms with Crippen LogP contribution in [-0.2, 0) is 4.79 Å². The lowest BCUT2D eigenvalue weighted by Crippen LogP contribution is -2.51. The van der Waals surface area contributed by atoms with Crippen LogP contribution in [0.15, 0.2) is 30.3 Å². The lowest BCUT2D eigenvalue weighted by Gasteiger charge is -2.37. The molecule has 0 spiro atoms. The van der Waals surface area contributed by atoms with Crippen molar-refractivity contribution >= 4 is 5.91 Å². The molecule has 0 aliphatic carbocycles. The Morgan fingerprint density at radius 1 is 1.25 bits per heavy atom. The van der Waals surface area contributed by atoms with E-state index in [1.807, 2.05) is 11.0 Å². The summed E-state index contributed by atoms with van der Waals surface area (Å²) in [5.41, 5.74) is 1.30. The van der Waals surface area contributed by atoms with E-state index in [1.54, 1.807) is 0 Å². The topological polar surface area (TPSA) is 32.3 Å². The molecule has 3 rings (SSSR count). The Labute approximate surface area is 95.4 Å². The van der Waals surface area contributed by atoms with Crippen molar-refractivity contribution in [1.29, 1.82) is 0 Å². The van der Waals surface area contributed by atoms with Crippen molar-refractivity contribution in [3.63, 3.8) is 0 Å². The first-order valence-corrected chi connectivity index (χ1v) is 5.94. The van der Waals surface area contributed by atoms with Crippen LogP contribution in [0.25, 0.3) is 0 Å². The lowest BCUT2D eigenvalue weighted by molar-refractivity contribution is -0.130. The number of carbonyl (C=O) groups is 1. The summed E-state index contributed by atoms with van der Waals surface area (Å²) in [6.45, 7) is 1.77. The third kappa shape index (κ3) is 1.52. The normalized spacial score (nSPS) is 29.2. The number of carbonyl (C=O) groups excluding carboxylic acids is 1. The molecular weight excluding hydrogens is 200 g/mol. The molecule has 2 heterocycles. The first-order valence-electron chi connectivity index (χ1n) is 5.94. The van der Waals surface area contributed by atoms with E-state index in [0.29, 0.717) is 18.0 Å². The van der Waals surface area contributed by atoms with Crippen LogP contribution < -0.4 is 5.32 Å². The van der Waals surface area contributed by atoms with Crippen molar-refractivity contribution in [2.75, 3.05) is 13.1 Å². The zero-order valence-electron chi connectivity index (χ0n) is 9.23. The number of hydrogen-bond acceptors (Lipinski definition) is 2. The number of hydrogen-bond donors (Lipinski definition) is 1. The third-order valence-corrected chi connectivity index (χ3v) is 3.64. The molecule has 2 aliphatic rings. The van der Waals surface area contributed by atoms with Crippen molar-refractivity contribution in [3.8, 4) is 0 Å². The molecule has 3 heteroatoms. The molecule has 3 nitrogen and oxygen atoms in total. The molecule has 2 saturated heterocycles. The van der Waals surface area contributed by atoms with Crippen LogP contribution >= 0.6 is 0 Å². The summed E-state index contributed by atoms with van der Waals surface area (Å²) in [7, 11) is 0. The maximum absolute atomic E-state index is 11.7. The Bertz CT molecular complexity index is 390. The van der Waals surface area contributed by atoms with E-state index in [-0.39, 0.29) is 0 Å². The molecule has 84 valence electrons. The van der Waals surface area contributed by atoms with Crippen molar-refractivity contribution in [2.24, 2.45) is 0 Å². The second-order valence-electron chi connectivity index (χ2n) is 4.54. The molecule has 1 amide bonds. The maximum atomic E-state index is 11.7. The SMILES string of the molecule is O=C1CCC2[C@@H](c3ccccc3)NCCN12. The van der Waals surface area contributed by atoms with E-state index < -0.39 is 0 Å². The summed E-state index contributed by atoms with van der Waals surface area (Å²) in [4.78, 5) is 13.7. The van der Waals surface area contributed by atoms with Crippen LogP contribution in [0.5, 0.6) is 0 Å². The average molecular weight is 216 g/mol. The molecule has 16 heavy (non-hydrogen) atoms. The molecular formula is C13H16N2O. The predicted octanol–water partition coefficient (Wildman–Crippen LogP) is 1.32. The van der Waals surface area contributed by atoms with Gasteiger partial charge in [-0.2, -0.15) is 0 Å². The zero-order valence-corrected chi connectivity index (χ0v) is 9.23. The van der Waals surface area contributed by atoms with Gasteiger partial charge in [-0.25, -0.2) is 0 Å². The van der Waals surface area contributed by atoms with Crippen LogP contribution in [-0.4, -0.2) is 29.9 Å². The molecule has 2 fully saturated rings. The van der Waals surface area contributed by atoms with Gasteiger partial charge in [0, 0.05) is 19.5 Å². The predicted molar refractivity (Wildman–Crippen MR) is 61.9 cm³/mol. The molecule has 0 saturated carbocycles. The van der Waals surface area contributed by atoms with E-state index in [4.69, 9.17) is 0 Å². The standard InChI is InChI=1S/C13H16N2O/c16-12-7-6-11-13(14-8-9-15(11)12)10-4-2-1-3-5-10/h1-5,11,13-14H,6-9H2/t11?,13-/m1/s1. The zero-order chi connectivity index (χ0) is 11.0. The molecule has 1 aromatic carbocycles. The Morgan fingerprint density at radius 2 is 2.06 bits per heavy atom. The van der Waals surface area contributed by atoms with Crippen LogP contribution in [0, 0.1) is 0 Å². The van der Waals surface area contributed by atoms with Gasteiger partial charge in [-0.3, -0.25) is 4.79 Å². The van der Waals surface area contributed by atoms with Crippen molar-refractivity contribution in [2.45, 2.75) is 24.9 Å². The molecule has 0 radical (unpaired) electrons. The van der Waals surface area contributed by atoms with Gasteiger partial charge in [-0.05, 0) is 12.0 Å². The van der Waals surface area contributed by atoms with E-state index in [0.717, 1.165) is 25.9 Å². The molecule has 1 unspecified atom stereocenters. The fraction of sp³-hybridized carbons (Fsp3) is 0.462. The molecule has 0 aromatic heterocycles. The molecule has 1 aromatic rings. The number of amides is 1. The quantitative estimate of drug-likeness (QED) is 0.768. The molecule has 1 N–H and O–H groups in total. The van der Waals surface area contributed by atoms with Gasteiger partial charge in [0.05, 0.1) is 12.1 Å². The van der Waals surface area contributed by atoms with Crippen LogP contribution in [0.1, 0.15) is 24.4 Å². The fourth-order valence-electron chi connectivity index (χ4n) is 2.87. The van der Waals surface area contributed by atoms with Crippen LogP contribution in [0.3, 0.4) is 0 Å². The number of fused-ring (bicyclic) bond motifs is 1. The van der Waals surface area contributed by atoms with Gasteiger partial charge < -0.3 is 10.2 Å². The minimum absolute atomic E-state index is 0.321. The summed E-state index contributed by atoms with van der Waals surface area (Å²) in [5.74, 6) is 0.326. The van der Waals surface area contributed by atoms with E-state index in [2.05, 4.69) is 29.6 Å². The molecule has 2 atom stereocenters. The van der Waals surface area contributed by atoms with Gasteiger partial charge in [0.25, 0.3) is 0 Å². The van der Waals surface area contributed by atoms with Crippen LogP contribution in [0.2, 0.25) is 0 Å². The highest BCUT2D eigenvalue weighted by atomic mass is 16.2. The van der Waals surface area contributed by atoms with Gasteiger partial charge in [-0.1, -0.05) is 30.3 Å². The summed E-state index contributed by atoms with van der Waals surface area (Å²) >= 11 is 0. The Hall–Kier alpha value is -1.35. The summed E-state index contributed by atoms with van der Waals surface area (Å²) in [6.07, 6.45) is 1.71. The molecule has 0 bridgehead atoms. The van der Waals surface area contributed by atoms with Gasteiger partial charge in [0.15, 0.2) is 0 Å². The van der Waals surface area contributed by atoms with E-state index >= 15 is 0 Å². The summed E-state index contributed by atoms with van der Waals surface area (Å²) < 4.78 is 0. The van der Waals surface area contributed by atoms with E-state index in [1.165, 1.54) is 5.56 Å². The van der Waals surface area contributed by atoms with Crippen molar-refractivity contribution in [3.05, 3.63) is 35.9 Å². The first kappa shape index (κ1) is 9.85. The fourth-order valence-corrected chi connectivity index (χ4v) is 2.87. The Morgan fingerprint density at radius 3 is 2.88 bits per heavy atom. The Kier molecular flexibility index (Phi) is 2.40. The largest absolute Gasteiger partial charge is 0.337 e. The summed E-state index contributed by atoms with van der Waals surface area (Å²) in [5, 5.41) is 3.53.